The highest BCUT2D eigenvalue weighted by atomic mass is 79.9. The first-order chi connectivity index (χ1) is 9.63. The van der Waals surface area contributed by atoms with Crippen molar-refractivity contribution in [1.82, 2.24) is 5.32 Å². The standard InChI is InChI=1S/C15H14ClNO2S.BrH/c16-13-4-8-6-17-10-2-1-7-3-11(18)12(19)5-9(7)14(10)15(8)20-13;/h3-5,10,14,17-19H,1-2,6H2;1H/t10-,14-;/m1./s1. The number of nitrogens with one attached hydrogen (secondary N) is 1. The highest BCUT2D eigenvalue weighted by molar-refractivity contribution is 8.93. The second-order valence-electron chi connectivity index (χ2n) is 5.48. The van der Waals surface area contributed by atoms with E-state index in [2.05, 4.69) is 5.32 Å². The van der Waals surface area contributed by atoms with Gasteiger partial charge in [0.05, 0.1) is 4.34 Å². The van der Waals surface area contributed by atoms with Crippen LogP contribution in [0.3, 0.4) is 0 Å². The molecule has 1 aromatic heterocycles. The SMILES string of the molecule is Br.Oc1cc2c(cc1O)[C@H]1c3sc(Cl)cc3CN[C@@H]1CC2. The van der Waals surface area contributed by atoms with Crippen LogP contribution in [-0.2, 0) is 13.0 Å². The van der Waals surface area contributed by atoms with Crippen LogP contribution in [0.2, 0.25) is 4.34 Å². The number of thiophene rings is 1. The molecule has 2 atom stereocenters. The summed E-state index contributed by atoms with van der Waals surface area (Å²) >= 11 is 7.80. The Morgan fingerprint density at radius 2 is 1.90 bits per heavy atom. The lowest BCUT2D eigenvalue weighted by atomic mass is 9.75. The molecule has 1 aliphatic carbocycles. The Labute approximate surface area is 142 Å². The van der Waals surface area contributed by atoms with E-state index in [1.165, 1.54) is 10.4 Å². The second-order valence-corrected chi connectivity index (χ2v) is 7.20. The van der Waals surface area contributed by atoms with Gasteiger partial charge in [0.15, 0.2) is 11.5 Å². The van der Waals surface area contributed by atoms with Gasteiger partial charge >= 0.3 is 0 Å². The van der Waals surface area contributed by atoms with E-state index in [1.54, 1.807) is 23.5 Å². The Balaban J connectivity index is 0.00000132. The minimum atomic E-state index is -0.0424. The second kappa shape index (κ2) is 5.47. The molecule has 2 heterocycles. The maximum Gasteiger partial charge on any atom is 0.157 e. The quantitative estimate of drug-likeness (QED) is 0.599. The monoisotopic (exact) mass is 387 g/mol. The van der Waals surface area contributed by atoms with Gasteiger partial charge in [-0.15, -0.1) is 28.3 Å². The molecule has 3 nitrogen and oxygen atoms in total. The maximum atomic E-state index is 9.83. The van der Waals surface area contributed by atoms with Crippen LogP contribution in [0.4, 0.5) is 0 Å². The Morgan fingerprint density at radius 3 is 2.71 bits per heavy atom. The van der Waals surface area contributed by atoms with E-state index in [4.69, 9.17) is 11.6 Å². The number of benzene rings is 1. The third-order valence-electron chi connectivity index (χ3n) is 4.35. The molecule has 0 saturated heterocycles. The third-order valence-corrected chi connectivity index (χ3v) is 5.74. The van der Waals surface area contributed by atoms with Crippen LogP contribution in [0.15, 0.2) is 18.2 Å². The average Bonchev–Trinajstić information content (AvgIpc) is 2.80. The highest BCUT2D eigenvalue weighted by Crippen LogP contribution is 2.47. The molecular weight excluding hydrogens is 374 g/mol. The summed E-state index contributed by atoms with van der Waals surface area (Å²) in [6.45, 7) is 0.860. The van der Waals surface area contributed by atoms with Crippen LogP contribution in [0.25, 0.3) is 0 Å². The summed E-state index contributed by atoms with van der Waals surface area (Å²) in [6.07, 6.45) is 1.96. The molecule has 112 valence electrons. The predicted octanol–water partition coefficient (Wildman–Crippen LogP) is 3.94. The topological polar surface area (TPSA) is 52.5 Å². The molecule has 0 bridgehead atoms. The highest BCUT2D eigenvalue weighted by Gasteiger charge is 2.36. The zero-order valence-electron chi connectivity index (χ0n) is 11.1. The van der Waals surface area contributed by atoms with E-state index < -0.39 is 0 Å². The molecule has 4 rings (SSSR count). The number of hydrogen-bond donors (Lipinski definition) is 3. The number of halogens is 2. The lowest BCUT2D eigenvalue weighted by Crippen LogP contribution is -2.41. The molecule has 2 aromatic rings. The molecule has 6 heteroatoms. The van der Waals surface area contributed by atoms with Crippen molar-refractivity contribution in [2.45, 2.75) is 31.3 Å². The molecule has 3 N–H and O–H groups in total. The van der Waals surface area contributed by atoms with Crippen LogP contribution in [-0.4, -0.2) is 16.3 Å². The summed E-state index contributed by atoms with van der Waals surface area (Å²) in [5, 5.41) is 23.1. The number of aryl methyl sites for hydroxylation is 1. The van der Waals surface area contributed by atoms with Crippen molar-refractivity contribution in [1.29, 1.82) is 0 Å². The summed E-state index contributed by atoms with van der Waals surface area (Å²) in [6, 6.07) is 5.82. The maximum absolute atomic E-state index is 9.83. The first kappa shape index (κ1) is 15.2. The minimum absolute atomic E-state index is 0. The Morgan fingerprint density at radius 1 is 1.14 bits per heavy atom. The first-order valence-electron chi connectivity index (χ1n) is 6.69. The Bertz CT molecular complexity index is 703. The molecule has 0 unspecified atom stereocenters. The summed E-state index contributed by atoms with van der Waals surface area (Å²) < 4.78 is 0.813. The number of phenolic OH excluding ortho intramolecular Hbond substituents is 2. The van der Waals surface area contributed by atoms with E-state index in [0.717, 1.165) is 34.8 Å². The fraction of sp³-hybridized carbons (Fsp3) is 0.333. The van der Waals surface area contributed by atoms with Crippen molar-refractivity contribution < 1.29 is 10.2 Å². The summed E-state index contributed by atoms with van der Waals surface area (Å²) in [7, 11) is 0. The van der Waals surface area contributed by atoms with Crippen molar-refractivity contribution in [2.75, 3.05) is 0 Å². The van der Waals surface area contributed by atoms with E-state index in [0.29, 0.717) is 6.04 Å². The number of fused-ring (bicyclic) bond motifs is 5. The summed E-state index contributed by atoms with van der Waals surface area (Å²) in [4.78, 5) is 1.30. The zero-order chi connectivity index (χ0) is 13.9. The summed E-state index contributed by atoms with van der Waals surface area (Å²) in [5.74, 6) is 0.154. The smallest absolute Gasteiger partial charge is 0.157 e. The molecule has 1 aliphatic heterocycles. The van der Waals surface area contributed by atoms with Gasteiger partial charge in [-0.05, 0) is 47.7 Å². The van der Waals surface area contributed by atoms with Gasteiger partial charge in [0, 0.05) is 23.4 Å². The van der Waals surface area contributed by atoms with Crippen LogP contribution < -0.4 is 5.32 Å². The predicted molar refractivity (Wildman–Crippen MR) is 90.2 cm³/mol. The molecule has 0 radical (unpaired) electrons. The van der Waals surface area contributed by atoms with Crippen LogP contribution in [0, 0.1) is 0 Å². The normalized spacial score (nSPS) is 22.7. The van der Waals surface area contributed by atoms with Crippen LogP contribution >= 0.6 is 39.9 Å². The lowest BCUT2D eigenvalue weighted by Gasteiger charge is -2.38. The van der Waals surface area contributed by atoms with Crippen molar-refractivity contribution in [3.05, 3.63) is 44.1 Å². The van der Waals surface area contributed by atoms with Crippen LogP contribution in [0.5, 0.6) is 11.5 Å². The van der Waals surface area contributed by atoms with E-state index >= 15 is 0 Å². The van der Waals surface area contributed by atoms with Crippen molar-refractivity contribution in [3.8, 4) is 11.5 Å². The molecular formula is C15H15BrClNO2S. The van der Waals surface area contributed by atoms with Gasteiger partial charge in [-0.2, -0.15) is 0 Å². The number of phenols is 2. The van der Waals surface area contributed by atoms with Gasteiger partial charge in [-0.1, -0.05) is 11.6 Å². The van der Waals surface area contributed by atoms with Gasteiger partial charge in [0.1, 0.15) is 0 Å². The van der Waals surface area contributed by atoms with Gasteiger partial charge in [-0.25, -0.2) is 0 Å². The lowest BCUT2D eigenvalue weighted by molar-refractivity contribution is 0.383. The van der Waals surface area contributed by atoms with E-state index in [1.807, 2.05) is 6.07 Å². The summed E-state index contributed by atoms with van der Waals surface area (Å²) in [5.41, 5.74) is 3.49. The number of hydrogen-bond acceptors (Lipinski definition) is 4. The molecule has 0 fully saturated rings. The van der Waals surface area contributed by atoms with Crippen LogP contribution in [0.1, 0.15) is 33.9 Å². The van der Waals surface area contributed by atoms with Gasteiger partial charge in [0.25, 0.3) is 0 Å². The van der Waals surface area contributed by atoms with Crippen molar-refractivity contribution in [3.63, 3.8) is 0 Å². The number of aromatic hydroxyl groups is 2. The van der Waals surface area contributed by atoms with Gasteiger partial charge in [0.2, 0.25) is 0 Å². The fourth-order valence-electron chi connectivity index (χ4n) is 3.43. The Hall–Kier alpha value is -0.750. The first-order valence-corrected chi connectivity index (χ1v) is 7.89. The largest absolute Gasteiger partial charge is 0.504 e. The third kappa shape index (κ3) is 2.36. The molecule has 2 aliphatic rings. The van der Waals surface area contributed by atoms with E-state index in [9.17, 15) is 10.2 Å². The molecule has 21 heavy (non-hydrogen) atoms. The minimum Gasteiger partial charge on any atom is -0.504 e. The molecule has 0 spiro atoms. The molecule has 0 amide bonds. The van der Waals surface area contributed by atoms with Gasteiger partial charge in [-0.3, -0.25) is 0 Å². The van der Waals surface area contributed by atoms with Crippen molar-refractivity contribution >= 4 is 39.9 Å². The average molecular weight is 389 g/mol. The van der Waals surface area contributed by atoms with E-state index in [-0.39, 0.29) is 34.4 Å². The molecule has 0 saturated carbocycles. The number of rotatable bonds is 0. The zero-order valence-corrected chi connectivity index (χ0v) is 14.4. The Kier molecular flexibility index (Phi) is 3.94. The molecule has 1 aromatic carbocycles. The van der Waals surface area contributed by atoms with Gasteiger partial charge < -0.3 is 15.5 Å². The van der Waals surface area contributed by atoms with Crippen molar-refractivity contribution in [2.24, 2.45) is 0 Å². The fourth-order valence-corrected chi connectivity index (χ4v) is 4.90.